The molecule has 0 saturated heterocycles. The largest absolute Gasteiger partial charge is 0.496 e. The zero-order chi connectivity index (χ0) is 18.8. The van der Waals surface area contributed by atoms with Crippen molar-refractivity contribution in [2.45, 2.75) is 58.3 Å². The minimum atomic E-state index is -1.15. The molecule has 1 aromatic carbocycles. The normalized spacial score (nSPS) is 17.2. The number of carbonyl (C=O) groups is 2. The molecule has 0 aromatic heterocycles. The fourth-order valence-electron chi connectivity index (χ4n) is 2.70. The van der Waals surface area contributed by atoms with Crippen LogP contribution < -0.4 is 14.8 Å². The zero-order valence-electron chi connectivity index (χ0n) is 15.2. The summed E-state index contributed by atoms with van der Waals surface area (Å²) in [5.41, 5.74) is 0.974. The summed E-state index contributed by atoms with van der Waals surface area (Å²) in [5, 5.41) is 11.8. The summed E-state index contributed by atoms with van der Waals surface area (Å²) in [4.78, 5) is 23.4. The van der Waals surface area contributed by atoms with Crippen molar-refractivity contribution in [1.29, 1.82) is 0 Å². The van der Waals surface area contributed by atoms with E-state index in [2.05, 4.69) is 5.32 Å². The number of hydrogen-bond donors (Lipinski definition) is 2. The molecule has 7 heteroatoms. The van der Waals surface area contributed by atoms with Gasteiger partial charge in [-0.1, -0.05) is 0 Å². The molecule has 0 fully saturated rings. The minimum Gasteiger partial charge on any atom is -0.496 e. The van der Waals surface area contributed by atoms with Crippen LogP contribution in [0, 0.1) is 0 Å². The second kappa shape index (κ2) is 7.21. The van der Waals surface area contributed by atoms with Gasteiger partial charge in [0.15, 0.2) is 0 Å². The standard InChI is InChI=1S/C18H25NO6/c1-10-6-11-8-14(23-5)12(9-15(11)24-10)7-13(16(20)21)19-17(22)25-18(2,3)4/h8-10,13H,6-7H2,1-5H3,(H,19,22)(H,20,21). The number of ether oxygens (including phenoxy) is 3. The molecule has 0 aliphatic carbocycles. The molecule has 25 heavy (non-hydrogen) atoms. The minimum absolute atomic E-state index is 0.0583. The highest BCUT2D eigenvalue weighted by molar-refractivity contribution is 5.80. The predicted octanol–water partition coefficient (Wildman–Crippen LogP) is 2.54. The molecule has 7 nitrogen and oxygen atoms in total. The maximum absolute atomic E-state index is 11.9. The van der Waals surface area contributed by atoms with Gasteiger partial charge < -0.3 is 24.6 Å². The molecule has 2 N–H and O–H groups in total. The Balaban J connectivity index is 2.18. The molecule has 0 spiro atoms. The molecule has 0 radical (unpaired) electrons. The Bertz CT molecular complexity index is 664. The van der Waals surface area contributed by atoms with E-state index >= 15 is 0 Å². The van der Waals surface area contributed by atoms with Gasteiger partial charge in [0.05, 0.1) is 7.11 Å². The molecule has 1 amide bonds. The molecule has 1 heterocycles. The van der Waals surface area contributed by atoms with Crippen LogP contribution in [0.1, 0.15) is 38.8 Å². The summed E-state index contributed by atoms with van der Waals surface area (Å²) in [7, 11) is 1.53. The van der Waals surface area contributed by atoms with Crippen molar-refractivity contribution in [2.24, 2.45) is 0 Å². The first-order valence-corrected chi connectivity index (χ1v) is 8.18. The zero-order valence-corrected chi connectivity index (χ0v) is 15.2. The fraction of sp³-hybridized carbons (Fsp3) is 0.556. The van der Waals surface area contributed by atoms with Crippen molar-refractivity contribution in [3.8, 4) is 11.5 Å². The van der Waals surface area contributed by atoms with Crippen LogP contribution in [-0.4, -0.2) is 42.0 Å². The molecule has 1 aliphatic heterocycles. The van der Waals surface area contributed by atoms with E-state index in [0.717, 1.165) is 17.7 Å². The summed E-state index contributed by atoms with van der Waals surface area (Å²) >= 11 is 0. The van der Waals surface area contributed by atoms with Gasteiger partial charge in [0.2, 0.25) is 0 Å². The van der Waals surface area contributed by atoms with Crippen LogP contribution in [0.25, 0.3) is 0 Å². The molecule has 2 rings (SSSR count). The van der Waals surface area contributed by atoms with Crippen LogP contribution in [-0.2, 0) is 22.4 Å². The molecular weight excluding hydrogens is 326 g/mol. The molecule has 138 valence electrons. The van der Waals surface area contributed by atoms with E-state index in [4.69, 9.17) is 14.2 Å². The monoisotopic (exact) mass is 351 g/mol. The van der Waals surface area contributed by atoms with Gasteiger partial charge in [-0.2, -0.15) is 0 Å². The molecule has 2 atom stereocenters. The van der Waals surface area contributed by atoms with E-state index in [9.17, 15) is 14.7 Å². The number of hydrogen-bond acceptors (Lipinski definition) is 5. The van der Waals surface area contributed by atoms with Gasteiger partial charge in [-0.15, -0.1) is 0 Å². The smallest absolute Gasteiger partial charge is 0.408 e. The number of fused-ring (bicyclic) bond motifs is 1. The maximum atomic E-state index is 11.9. The van der Waals surface area contributed by atoms with E-state index in [1.54, 1.807) is 26.8 Å². The third kappa shape index (κ3) is 5.01. The van der Waals surface area contributed by atoms with Crippen molar-refractivity contribution < 1.29 is 28.9 Å². The van der Waals surface area contributed by atoms with Crippen LogP contribution in [0.3, 0.4) is 0 Å². The van der Waals surface area contributed by atoms with Crippen molar-refractivity contribution in [3.05, 3.63) is 23.3 Å². The van der Waals surface area contributed by atoms with E-state index in [-0.39, 0.29) is 12.5 Å². The SMILES string of the molecule is COc1cc2c(cc1CC(NC(=O)OC(C)(C)C)C(=O)O)OC(C)C2. The first-order valence-electron chi connectivity index (χ1n) is 8.18. The number of amides is 1. The molecule has 0 saturated carbocycles. The summed E-state index contributed by atoms with van der Waals surface area (Å²) in [6.07, 6.45) is 0.141. The van der Waals surface area contributed by atoms with E-state index < -0.39 is 23.7 Å². The van der Waals surface area contributed by atoms with E-state index in [1.165, 1.54) is 7.11 Å². The fourth-order valence-corrected chi connectivity index (χ4v) is 2.70. The Morgan fingerprint density at radius 3 is 2.64 bits per heavy atom. The highest BCUT2D eigenvalue weighted by atomic mass is 16.6. The third-order valence-corrected chi connectivity index (χ3v) is 3.71. The van der Waals surface area contributed by atoms with E-state index in [1.807, 2.05) is 13.0 Å². The Kier molecular flexibility index (Phi) is 5.45. The Hall–Kier alpha value is -2.44. The number of aliphatic carboxylic acids is 1. The predicted molar refractivity (Wildman–Crippen MR) is 91.3 cm³/mol. The van der Waals surface area contributed by atoms with Crippen molar-refractivity contribution >= 4 is 12.1 Å². The lowest BCUT2D eigenvalue weighted by atomic mass is 10.0. The number of methoxy groups -OCH3 is 1. The van der Waals surface area contributed by atoms with Crippen molar-refractivity contribution in [2.75, 3.05) is 7.11 Å². The van der Waals surface area contributed by atoms with Crippen molar-refractivity contribution in [1.82, 2.24) is 5.32 Å². The van der Waals surface area contributed by atoms with Gasteiger partial charge in [-0.05, 0) is 39.8 Å². The maximum Gasteiger partial charge on any atom is 0.408 e. The van der Waals surface area contributed by atoms with Gasteiger partial charge in [-0.25, -0.2) is 9.59 Å². The quantitative estimate of drug-likeness (QED) is 0.847. The van der Waals surface area contributed by atoms with Crippen LogP contribution in [0.4, 0.5) is 4.79 Å². The number of alkyl carbamates (subject to hydrolysis) is 1. The van der Waals surface area contributed by atoms with Gasteiger partial charge in [0, 0.05) is 24.0 Å². The summed E-state index contributed by atoms with van der Waals surface area (Å²) in [6, 6.07) is 2.51. The highest BCUT2D eigenvalue weighted by Crippen LogP contribution is 2.35. The van der Waals surface area contributed by atoms with Crippen LogP contribution in [0.5, 0.6) is 11.5 Å². The Morgan fingerprint density at radius 2 is 2.08 bits per heavy atom. The number of carbonyl (C=O) groups excluding carboxylic acids is 1. The number of carboxylic acids is 1. The Morgan fingerprint density at radius 1 is 1.40 bits per heavy atom. The second-order valence-corrected chi connectivity index (χ2v) is 7.15. The summed E-state index contributed by atoms with van der Waals surface area (Å²) in [6.45, 7) is 7.11. The van der Waals surface area contributed by atoms with Gasteiger partial charge in [0.25, 0.3) is 0 Å². The first kappa shape index (κ1) is 18.9. The van der Waals surface area contributed by atoms with Crippen LogP contribution in [0.15, 0.2) is 12.1 Å². The lowest BCUT2D eigenvalue weighted by Gasteiger charge is -2.22. The molecule has 1 aliphatic rings. The number of carboxylic acid groups (broad SMARTS) is 1. The number of rotatable bonds is 5. The average molecular weight is 351 g/mol. The average Bonchev–Trinajstić information content (AvgIpc) is 2.82. The van der Waals surface area contributed by atoms with Crippen molar-refractivity contribution in [3.63, 3.8) is 0 Å². The molecule has 0 bridgehead atoms. The lowest BCUT2D eigenvalue weighted by Crippen LogP contribution is -2.44. The Labute approximate surface area is 147 Å². The molecular formula is C18H25NO6. The van der Waals surface area contributed by atoms with Crippen LogP contribution >= 0.6 is 0 Å². The van der Waals surface area contributed by atoms with Gasteiger partial charge in [0.1, 0.15) is 29.2 Å². The second-order valence-electron chi connectivity index (χ2n) is 7.15. The number of nitrogens with one attached hydrogen (secondary N) is 1. The molecule has 2 unspecified atom stereocenters. The molecule has 1 aromatic rings. The van der Waals surface area contributed by atoms with E-state index in [0.29, 0.717) is 11.3 Å². The van der Waals surface area contributed by atoms with Gasteiger partial charge >= 0.3 is 12.1 Å². The first-order chi connectivity index (χ1) is 11.6. The number of benzene rings is 1. The summed E-state index contributed by atoms with van der Waals surface area (Å²) < 4.78 is 16.2. The lowest BCUT2D eigenvalue weighted by molar-refractivity contribution is -0.139. The topological polar surface area (TPSA) is 94.1 Å². The third-order valence-electron chi connectivity index (χ3n) is 3.71. The van der Waals surface area contributed by atoms with Gasteiger partial charge in [-0.3, -0.25) is 0 Å². The highest BCUT2D eigenvalue weighted by Gasteiger charge is 2.27. The van der Waals surface area contributed by atoms with Crippen LogP contribution in [0.2, 0.25) is 0 Å². The summed E-state index contributed by atoms with van der Waals surface area (Å²) in [5.74, 6) is 0.154.